The zero-order valence-electron chi connectivity index (χ0n) is 21.7. The highest BCUT2D eigenvalue weighted by Crippen LogP contribution is 2.31. The summed E-state index contributed by atoms with van der Waals surface area (Å²) in [7, 11) is 0. The van der Waals surface area contributed by atoms with Crippen LogP contribution in [0.2, 0.25) is 0 Å². The number of anilines is 3. The highest BCUT2D eigenvalue weighted by atomic mass is 16.5. The summed E-state index contributed by atoms with van der Waals surface area (Å²) in [5, 5.41) is 5.80. The van der Waals surface area contributed by atoms with Crippen molar-refractivity contribution < 1.29 is 9.53 Å². The van der Waals surface area contributed by atoms with Gasteiger partial charge in [0.1, 0.15) is 5.82 Å². The standard InChI is InChI=1S/C27H34N8O2/c1-27(2,3)18-30-26(36)31-20-7-5-19(6-8-20)23-32-22-17-35(25-28-10-4-11-29-25)12-9-21(22)24(33-23)34-13-15-37-16-14-34/h4-8,10-11H,9,12-18H2,1-3H3,(H2,30,31,36). The Morgan fingerprint density at radius 1 is 1.00 bits per heavy atom. The highest BCUT2D eigenvalue weighted by molar-refractivity contribution is 5.89. The first-order valence-corrected chi connectivity index (χ1v) is 12.8. The fraction of sp³-hybridized carbons (Fsp3) is 0.444. The summed E-state index contributed by atoms with van der Waals surface area (Å²) < 4.78 is 5.59. The SMILES string of the molecule is CC(C)(C)CNC(=O)Nc1ccc(-c2nc3c(c(N4CCOCC4)n2)CCN(c2ncccn2)C3)cc1. The molecule has 37 heavy (non-hydrogen) atoms. The van der Waals surface area contributed by atoms with Gasteiger partial charge in [-0.25, -0.2) is 24.7 Å². The van der Waals surface area contributed by atoms with Crippen molar-refractivity contribution in [2.75, 3.05) is 54.5 Å². The molecule has 0 spiro atoms. The minimum absolute atomic E-state index is 0.0192. The minimum atomic E-state index is -0.217. The second kappa shape index (κ2) is 10.7. The van der Waals surface area contributed by atoms with Crippen molar-refractivity contribution in [3.63, 3.8) is 0 Å². The van der Waals surface area contributed by atoms with Gasteiger partial charge in [-0.15, -0.1) is 0 Å². The number of hydrogen-bond donors (Lipinski definition) is 2. The Labute approximate surface area is 217 Å². The lowest BCUT2D eigenvalue weighted by Gasteiger charge is -2.34. The second-order valence-corrected chi connectivity index (χ2v) is 10.6. The maximum atomic E-state index is 12.3. The van der Waals surface area contributed by atoms with Crippen molar-refractivity contribution in [1.29, 1.82) is 0 Å². The van der Waals surface area contributed by atoms with Crippen molar-refractivity contribution in [1.82, 2.24) is 25.3 Å². The molecule has 2 aliphatic rings. The normalized spacial score (nSPS) is 15.8. The number of rotatable bonds is 5. The number of nitrogens with one attached hydrogen (secondary N) is 2. The van der Waals surface area contributed by atoms with Gasteiger partial charge in [-0.05, 0) is 42.2 Å². The first kappa shape index (κ1) is 24.9. The molecule has 0 saturated carbocycles. The van der Waals surface area contributed by atoms with E-state index in [4.69, 9.17) is 14.7 Å². The van der Waals surface area contributed by atoms with Crippen molar-refractivity contribution in [3.05, 3.63) is 54.0 Å². The molecule has 0 bridgehead atoms. The summed E-state index contributed by atoms with van der Waals surface area (Å²) in [5.41, 5.74) is 3.81. The van der Waals surface area contributed by atoms with Crippen LogP contribution in [-0.2, 0) is 17.7 Å². The molecular weight excluding hydrogens is 468 g/mol. The number of urea groups is 1. The van der Waals surface area contributed by atoms with Gasteiger partial charge in [0, 0.05) is 55.4 Å². The fourth-order valence-electron chi connectivity index (χ4n) is 4.43. The summed E-state index contributed by atoms with van der Waals surface area (Å²) in [4.78, 5) is 35.6. The Morgan fingerprint density at radius 2 is 1.73 bits per heavy atom. The fourth-order valence-corrected chi connectivity index (χ4v) is 4.43. The quantitative estimate of drug-likeness (QED) is 0.546. The van der Waals surface area contributed by atoms with Gasteiger partial charge >= 0.3 is 6.03 Å². The monoisotopic (exact) mass is 502 g/mol. The molecule has 2 N–H and O–H groups in total. The van der Waals surface area contributed by atoms with E-state index in [9.17, 15) is 4.79 Å². The molecule has 0 aliphatic carbocycles. The van der Waals surface area contributed by atoms with E-state index >= 15 is 0 Å². The second-order valence-electron chi connectivity index (χ2n) is 10.6. The van der Waals surface area contributed by atoms with Gasteiger partial charge in [0.25, 0.3) is 0 Å². The maximum Gasteiger partial charge on any atom is 0.319 e. The zero-order chi connectivity index (χ0) is 25.8. The van der Waals surface area contributed by atoms with Crippen LogP contribution in [-0.4, -0.2) is 65.4 Å². The van der Waals surface area contributed by atoms with E-state index in [-0.39, 0.29) is 11.4 Å². The lowest BCUT2D eigenvalue weighted by Crippen LogP contribution is -2.39. The number of amides is 2. The molecule has 194 valence electrons. The number of morpholine rings is 1. The lowest BCUT2D eigenvalue weighted by atomic mass is 9.97. The van der Waals surface area contributed by atoms with Crippen LogP contribution < -0.4 is 20.4 Å². The van der Waals surface area contributed by atoms with Gasteiger partial charge in [0.2, 0.25) is 5.95 Å². The van der Waals surface area contributed by atoms with Crippen molar-refractivity contribution in [2.45, 2.75) is 33.7 Å². The minimum Gasteiger partial charge on any atom is -0.378 e. The van der Waals surface area contributed by atoms with Crippen molar-refractivity contribution in [3.8, 4) is 11.4 Å². The van der Waals surface area contributed by atoms with Gasteiger partial charge in [-0.2, -0.15) is 0 Å². The number of carbonyl (C=O) groups excluding carboxylic acids is 1. The molecular formula is C27H34N8O2. The summed E-state index contributed by atoms with van der Waals surface area (Å²) in [5.74, 6) is 2.36. The van der Waals surface area contributed by atoms with Crippen LogP contribution in [0.5, 0.6) is 0 Å². The molecule has 1 fully saturated rings. The molecule has 4 heterocycles. The summed E-state index contributed by atoms with van der Waals surface area (Å²) in [6.07, 6.45) is 4.36. The van der Waals surface area contributed by atoms with E-state index in [1.165, 1.54) is 5.56 Å². The molecule has 2 aromatic heterocycles. The topological polar surface area (TPSA) is 108 Å². The number of aromatic nitrogens is 4. The molecule has 0 atom stereocenters. The average Bonchev–Trinajstić information content (AvgIpc) is 2.92. The van der Waals surface area contributed by atoms with Gasteiger partial charge in [0.15, 0.2) is 5.82 Å². The lowest BCUT2D eigenvalue weighted by molar-refractivity contribution is 0.122. The molecule has 0 unspecified atom stereocenters. The zero-order valence-corrected chi connectivity index (χ0v) is 21.7. The summed E-state index contributed by atoms with van der Waals surface area (Å²) in [6.45, 7) is 11.3. The predicted molar refractivity (Wildman–Crippen MR) is 144 cm³/mol. The first-order valence-electron chi connectivity index (χ1n) is 12.8. The Hall–Kier alpha value is -3.79. The Balaban J connectivity index is 1.40. The highest BCUT2D eigenvalue weighted by Gasteiger charge is 2.27. The number of benzene rings is 1. The van der Waals surface area contributed by atoms with Crippen molar-refractivity contribution >= 4 is 23.5 Å². The summed E-state index contributed by atoms with van der Waals surface area (Å²) >= 11 is 0. The third kappa shape index (κ3) is 6.14. The molecule has 2 aliphatic heterocycles. The average molecular weight is 503 g/mol. The number of nitrogens with zero attached hydrogens (tertiary/aromatic N) is 6. The van der Waals surface area contributed by atoms with E-state index in [1.807, 2.05) is 30.3 Å². The molecule has 5 rings (SSSR count). The molecule has 10 nitrogen and oxygen atoms in total. The molecule has 2 amide bonds. The van der Waals surface area contributed by atoms with E-state index in [0.717, 1.165) is 43.1 Å². The van der Waals surface area contributed by atoms with Crippen LogP contribution in [0.4, 0.5) is 22.2 Å². The Kier molecular flexibility index (Phi) is 7.18. The number of fused-ring (bicyclic) bond motifs is 1. The van der Waals surface area contributed by atoms with Crippen molar-refractivity contribution in [2.24, 2.45) is 5.41 Å². The van der Waals surface area contributed by atoms with E-state index < -0.39 is 0 Å². The third-order valence-corrected chi connectivity index (χ3v) is 6.37. The smallest absolute Gasteiger partial charge is 0.319 e. The van der Waals surface area contributed by atoms with Crippen LogP contribution in [0.1, 0.15) is 32.0 Å². The Morgan fingerprint density at radius 3 is 2.43 bits per heavy atom. The predicted octanol–water partition coefficient (Wildman–Crippen LogP) is 3.50. The third-order valence-electron chi connectivity index (χ3n) is 6.37. The van der Waals surface area contributed by atoms with Gasteiger partial charge in [-0.3, -0.25) is 0 Å². The summed E-state index contributed by atoms with van der Waals surface area (Å²) in [6, 6.07) is 9.27. The van der Waals surface area contributed by atoms with Gasteiger partial charge in [-0.1, -0.05) is 20.8 Å². The molecule has 10 heteroatoms. The molecule has 1 saturated heterocycles. The number of ether oxygens (including phenoxy) is 1. The first-order chi connectivity index (χ1) is 17.9. The van der Waals surface area contributed by atoms with Crippen LogP contribution in [0, 0.1) is 5.41 Å². The van der Waals surface area contributed by atoms with Crippen LogP contribution in [0.25, 0.3) is 11.4 Å². The number of carbonyl (C=O) groups is 1. The van der Waals surface area contributed by atoms with Gasteiger partial charge < -0.3 is 25.2 Å². The van der Waals surface area contributed by atoms with E-state index in [1.54, 1.807) is 12.4 Å². The van der Waals surface area contributed by atoms with E-state index in [0.29, 0.717) is 43.8 Å². The largest absolute Gasteiger partial charge is 0.378 e. The van der Waals surface area contributed by atoms with E-state index in [2.05, 4.69) is 51.2 Å². The molecule has 1 aromatic carbocycles. The molecule has 3 aromatic rings. The number of hydrogen-bond acceptors (Lipinski definition) is 8. The maximum absolute atomic E-state index is 12.3. The van der Waals surface area contributed by atoms with Crippen LogP contribution in [0.3, 0.4) is 0 Å². The molecule has 0 radical (unpaired) electrons. The van der Waals surface area contributed by atoms with Crippen LogP contribution in [0.15, 0.2) is 42.7 Å². The van der Waals surface area contributed by atoms with Gasteiger partial charge in [0.05, 0.1) is 25.5 Å². The van der Waals surface area contributed by atoms with Crippen LogP contribution >= 0.6 is 0 Å². The Bertz CT molecular complexity index is 1220.